The molecule has 31 heavy (non-hydrogen) atoms. The molecule has 5 rings (SSSR count). The van der Waals surface area contributed by atoms with Crippen molar-refractivity contribution in [2.24, 2.45) is 5.41 Å². The Morgan fingerprint density at radius 2 is 1.71 bits per heavy atom. The minimum Gasteiger partial charge on any atom is -0.381 e. The van der Waals surface area contributed by atoms with Crippen molar-refractivity contribution in [3.8, 4) is 5.69 Å². The minimum atomic E-state index is -0.527. The molecule has 1 saturated heterocycles. The molecule has 0 aliphatic carbocycles. The summed E-state index contributed by atoms with van der Waals surface area (Å²) >= 11 is 0. The van der Waals surface area contributed by atoms with Gasteiger partial charge in [-0.25, -0.2) is 4.39 Å². The fraction of sp³-hybridized carbons (Fsp3) is 0.360. The van der Waals surface area contributed by atoms with Crippen LogP contribution in [0.15, 0.2) is 48.7 Å². The van der Waals surface area contributed by atoms with Gasteiger partial charge in [-0.05, 0) is 55.3 Å². The van der Waals surface area contributed by atoms with Crippen LogP contribution in [0.1, 0.15) is 50.0 Å². The summed E-state index contributed by atoms with van der Waals surface area (Å²) in [5.41, 5.74) is 3.43. The highest BCUT2D eigenvalue weighted by Gasteiger charge is 2.27. The Morgan fingerprint density at radius 1 is 1.03 bits per heavy atom. The second kappa shape index (κ2) is 7.31. The maximum Gasteiger partial charge on any atom is 0.252 e. The zero-order chi connectivity index (χ0) is 21.8. The molecule has 1 aliphatic heterocycles. The first-order valence-electron chi connectivity index (χ1n) is 10.7. The average Bonchev–Trinajstić information content (AvgIpc) is 3.33. The van der Waals surface area contributed by atoms with Gasteiger partial charge in [-0.1, -0.05) is 20.8 Å². The Hall–Kier alpha value is -2.99. The zero-order valence-electron chi connectivity index (χ0n) is 18.1. The van der Waals surface area contributed by atoms with Gasteiger partial charge in [-0.2, -0.15) is 9.78 Å². The van der Waals surface area contributed by atoms with E-state index in [4.69, 9.17) is 4.74 Å². The molecule has 0 amide bonds. The van der Waals surface area contributed by atoms with Crippen molar-refractivity contribution in [1.82, 2.24) is 14.3 Å². The van der Waals surface area contributed by atoms with Crippen molar-refractivity contribution in [1.29, 1.82) is 0 Å². The van der Waals surface area contributed by atoms with Crippen LogP contribution < -0.4 is 0 Å². The largest absolute Gasteiger partial charge is 0.381 e. The third kappa shape index (κ3) is 3.45. The second-order valence-electron chi connectivity index (χ2n) is 9.35. The maximum atomic E-state index is 13.6. The number of carbonyl (C=O) groups is 1. The highest BCUT2D eigenvalue weighted by atomic mass is 19.1. The molecule has 5 nitrogen and oxygen atoms in total. The van der Waals surface area contributed by atoms with E-state index in [9.17, 15) is 9.18 Å². The van der Waals surface area contributed by atoms with Gasteiger partial charge in [0.15, 0.2) is 0 Å². The number of ether oxygens (including phenoxy) is 1. The topological polar surface area (TPSA) is 49.1 Å². The lowest BCUT2D eigenvalue weighted by Gasteiger charge is -2.24. The highest BCUT2D eigenvalue weighted by Crippen LogP contribution is 2.36. The predicted octanol–water partition coefficient (Wildman–Crippen LogP) is 5.70. The van der Waals surface area contributed by atoms with Crippen LogP contribution in [0.25, 0.3) is 27.5 Å². The smallest absolute Gasteiger partial charge is 0.252 e. The lowest BCUT2D eigenvalue weighted by Crippen LogP contribution is -2.27. The number of halogens is 1. The fourth-order valence-corrected chi connectivity index (χ4v) is 4.40. The molecule has 0 unspecified atom stereocenters. The van der Waals surface area contributed by atoms with Crippen molar-refractivity contribution < 1.29 is 13.9 Å². The van der Waals surface area contributed by atoms with Gasteiger partial charge in [-0.15, -0.1) is 0 Å². The van der Waals surface area contributed by atoms with Gasteiger partial charge in [0.2, 0.25) is 0 Å². The second-order valence-corrected chi connectivity index (χ2v) is 9.35. The van der Waals surface area contributed by atoms with Crippen LogP contribution in [0.2, 0.25) is 0 Å². The number of aromatic nitrogens is 3. The third-order valence-corrected chi connectivity index (χ3v) is 6.08. The van der Waals surface area contributed by atoms with Gasteiger partial charge >= 0.3 is 0 Å². The summed E-state index contributed by atoms with van der Waals surface area (Å²) in [5, 5.41) is 6.33. The van der Waals surface area contributed by atoms with Crippen LogP contribution in [0.4, 0.5) is 4.39 Å². The molecule has 0 atom stereocenters. The van der Waals surface area contributed by atoms with Crippen molar-refractivity contribution in [3.05, 3.63) is 60.2 Å². The summed E-state index contributed by atoms with van der Waals surface area (Å²) in [6.45, 7) is 7.18. The number of carbonyl (C=O) groups excluding carboxylic acids is 1. The van der Waals surface area contributed by atoms with Crippen molar-refractivity contribution in [2.75, 3.05) is 13.2 Å². The molecule has 1 aliphatic rings. The number of benzene rings is 2. The standard InChI is InChI=1S/C25H26FN3O2/c1-25(2,3)24(30)29-23-13-17-12-21(16-8-10-31-11-9-16)28(20-6-4-19(26)5-7-20)22(17)14-18(23)15-27-29/h4-7,12-16H,8-11H2,1-3H3. The number of hydrogen-bond acceptors (Lipinski definition) is 3. The third-order valence-electron chi connectivity index (χ3n) is 6.08. The van der Waals surface area contributed by atoms with Crippen LogP contribution in [0.5, 0.6) is 0 Å². The van der Waals surface area contributed by atoms with E-state index < -0.39 is 5.41 Å². The molecule has 2 aromatic heterocycles. The summed E-state index contributed by atoms with van der Waals surface area (Å²) in [4.78, 5) is 12.9. The van der Waals surface area contributed by atoms with E-state index in [2.05, 4.69) is 21.8 Å². The van der Waals surface area contributed by atoms with Gasteiger partial charge < -0.3 is 9.30 Å². The Labute approximate surface area is 180 Å². The van der Waals surface area contributed by atoms with Crippen LogP contribution in [-0.2, 0) is 4.74 Å². The van der Waals surface area contributed by atoms with E-state index in [1.807, 2.05) is 39.0 Å². The minimum absolute atomic E-state index is 0.0375. The van der Waals surface area contributed by atoms with Crippen LogP contribution in [-0.4, -0.2) is 33.5 Å². The van der Waals surface area contributed by atoms with Gasteiger partial charge in [0.25, 0.3) is 5.91 Å². The first-order chi connectivity index (χ1) is 14.8. The lowest BCUT2D eigenvalue weighted by molar-refractivity contribution is 0.0755. The molecule has 0 N–H and O–H groups in total. The number of rotatable bonds is 2. The maximum absolute atomic E-state index is 13.6. The van der Waals surface area contributed by atoms with Gasteiger partial charge in [0.1, 0.15) is 5.82 Å². The summed E-state index contributed by atoms with van der Waals surface area (Å²) in [7, 11) is 0. The van der Waals surface area contributed by atoms with E-state index in [0.717, 1.165) is 53.5 Å². The number of hydrogen-bond donors (Lipinski definition) is 0. The molecule has 1 fully saturated rings. The summed E-state index contributed by atoms with van der Waals surface area (Å²) in [5.74, 6) is 0.0729. The predicted molar refractivity (Wildman–Crippen MR) is 119 cm³/mol. The Kier molecular flexibility index (Phi) is 4.70. The van der Waals surface area contributed by atoms with E-state index in [1.54, 1.807) is 6.20 Å². The molecule has 0 bridgehead atoms. The normalized spacial score (nSPS) is 15.7. The molecule has 0 spiro atoms. The molecule has 0 saturated carbocycles. The molecule has 160 valence electrons. The Balaban J connectivity index is 1.74. The molecule has 2 aromatic carbocycles. The zero-order valence-corrected chi connectivity index (χ0v) is 18.1. The summed E-state index contributed by atoms with van der Waals surface area (Å²) in [6, 6.07) is 12.9. The first kappa shape index (κ1) is 19.9. The monoisotopic (exact) mass is 419 g/mol. The van der Waals surface area contributed by atoms with Crippen molar-refractivity contribution in [2.45, 2.75) is 39.5 Å². The van der Waals surface area contributed by atoms with Gasteiger partial charge in [0, 0.05) is 46.7 Å². The van der Waals surface area contributed by atoms with E-state index in [1.165, 1.54) is 22.5 Å². The van der Waals surface area contributed by atoms with Crippen LogP contribution in [0.3, 0.4) is 0 Å². The molecule has 3 heterocycles. The summed E-state index contributed by atoms with van der Waals surface area (Å²) in [6.07, 6.45) is 3.65. The number of fused-ring (bicyclic) bond motifs is 2. The van der Waals surface area contributed by atoms with Crippen molar-refractivity contribution in [3.63, 3.8) is 0 Å². The average molecular weight is 420 g/mol. The lowest BCUT2D eigenvalue weighted by atomic mass is 9.95. The Morgan fingerprint density at radius 3 is 2.39 bits per heavy atom. The molecule has 4 aromatic rings. The number of nitrogens with zero attached hydrogens (tertiary/aromatic N) is 3. The molecule has 0 radical (unpaired) electrons. The fourth-order valence-electron chi connectivity index (χ4n) is 4.40. The van der Waals surface area contributed by atoms with E-state index in [0.29, 0.717) is 5.92 Å². The van der Waals surface area contributed by atoms with Crippen LogP contribution >= 0.6 is 0 Å². The van der Waals surface area contributed by atoms with E-state index in [-0.39, 0.29) is 11.7 Å². The van der Waals surface area contributed by atoms with Crippen LogP contribution in [0, 0.1) is 11.2 Å². The SMILES string of the molecule is CC(C)(C)C(=O)n1ncc2cc3c(cc(C4CCOCC4)n3-c3ccc(F)cc3)cc21. The van der Waals surface area contributed by atoms with Gasteiger partial charge in [-0.3, -0.25) is 4.79 Å². The quantitative estimate of drug-likeness (QED) is 0.419. The first-order valence-corrected chi connectivity index (χ1v) is 10.7. The molecule has 6 heteroatoms. The Bertz CT molecular complexity index is 1270. The summed E-state index contributed by atoms with van der Waals surface area (Å²) < 4.78 is 22.9. The van der Waals surface area contributed by atoms with Crippen molar-refractivity contribution >= 4 is 27.7 Å². The molecular formula is C25H26FN3O2. The van der Waals surface area contributed by atoms with Gasteiger partial charge in [0.05, 0.1) is 17.2 Å². The molecular weight excluding hydrogens is 393 g/mol. The highest BCUT2D eigenvalue weighted by molar-refractivity contribution is 6.01. The van der Waals surface area contributed by atoms with E-state index >= 15 is 0 Å².